The van der Waals surface area contributed by atoms with Crippen molar-refractivity contribution >= 4 is 39.1 Å². The van der Waals surface area contributed by atoms with Gasteiger partial charge >= 0.3 is 0 Å². The second kappa shape index (κ2) is 12.9. The third-order valence-electron chi connectivity index (χ3n) is 5.69. The van der Waals surface area contributed by atoms with E-state index in [9.17, 15) is 18.0 Å². The van der Waals surface area contributed by atoms with Crippen molar-refractivity contribution in [2.75, 3.05) is 23.7 Å². The highest BCUT2D eigenvalue weighted by atomic mass is 35.5. The minimum Gasteiger partial charge on any atom is -0.354 e. The summed E-state index contributed by atoms with van der Waals surface area (Å²) in [6, 6.07) is 11.7. The molecule has 35 heavy (non-hydrogen) atoms. The molecule has 9 heteroatoms. The van der Waals surface area contributed by atoms with Crippen molar-refractivity contribution in [3.63, 3.8) is 0 Å². The maximum Gasteiger partial charge on any atom is 0.244 e. The van der Waals surface area contributed by atoms with E-state index in [0.717, 1.165) is 34.5 Å². The topological polar surface area (TPSA) is 86.8 Å². The molecule has 0 aromatic heterocycles. The van der Waals surface area contributed by atoms with Crippen LogP contribution in [0.1, 0.15) is 49.8 Å². The number of carbonyl (C=O) groups is 2. The molecule has 1 N–H and O–H groups in total. The summed E-state index contributed by atoms with van der Waals surface area (Å²) < 4.78 is 26.5. The molecule has 7 nitrogen and oxygen atoms in total. The molecule has 2 aromatic rings. The molecule has 0 aliphatic heterocycles. The normalized spacial score (nSPS) is 12.2. The molecule has 2 amide bonds. The average molecular weight is 522 g/mol. The fourth-order valence-corrected chi connectivity index (χ4v) is 4.97. The summed E-state index contributed by atoms with van der Waals surface area (Å²) in [5.41, 5.74) is 2.86. The lowest BCUT2D eigenvalue weighted by Crippen LogP contribution is -2.52. The van der Waals surface area contributed by atoms with E-state index in [1.54, 1.807) is 30.3 Å². The van der Waals surface area contributed by atoms with Gasteiger partial charge in [0.1, 0.15) is 12.6 Å². The number of sulfonamides is 1. The second-order valence-electron chi connectivity index (χ2n) is 8.80. The summed E-state index contributed by atoms with van der Waals surface area (Å²) in [5, 5.41) is 3.38. The molecule has 0 bridgehead atoms. The summed E-state index contributed by atoms with van der Waals surface area (Å²) in [7, 11) is -3.77. The fraction of sp³-hybridized carbons (Fsp3) is 0.462. The van der Waals surface area contributed by atoms with E-state index in [4.69, 9.17) is 11.6 Å². The van der Waals surface area contributed by atoms with Crippen molar-refractivity contribution < 1.29 is 18.0 Å². The zero-order chi connectivity index (χ0) is 26.2. The number of aryl methyl sites for hydroxylation is 2. The Hall–Kier alpha value is -2.58. The highest BCUT2D eigenvalue weighted by Crippen LogP contribution is 2.24. The van der Waals surface area contributed by atoms with Gasteiger partial charge in [-0.3, -0.25) is 13.9 Å². The zero-order valence-electron chi connectivity index (χ0n) is 21.2. The van der Waals surface area contributed by atoms with Gasteiger partial charge in [0.25, 0.3) is 0 Å². The van der Waals surface area contributed by atoms with Crippen molar-refractivity contribution in [2.45, 2.75) is 59.5 Å². The van der Waals surface area contributed by atoms with E-state index >= 15 is 0 Å². The molecule has 1 unspecified atom stereocenters. The molecule has 0 aliphatic carbocycles. The van der Waals surface area contributed by atoms with Crippen molar-refractivity contribution in [1.29, 1.82) is 0 Å². The molecule has 192 valence electrons. The summed E-state index contributed by atoms with van der Waals surface area (Å²) in [6.07, 6.45) is 3.20. The van der Waals surface area contributed by atoms with Crippen LogP contribution in [0.3, 0.4) is 0 Å². The maximum absolute atomic E-state index is 13.7. The molecule has 0 spiro atoms. The van der Waals surface area contributed by atoms with Gasteiger partial charge in [-0.05, 0) is 61.6 Å². The predicted octanol–water partition coefficient (Wildman–Crippen LogP) is 4.45. The van der Waals surface area contributed by atoms with E-state index in [1.807, 2.05) is 39.8 Å². The first-order chi connectivity index (χ1) is 16.5. The number of anilines is 1. The molecule has 2 aromatic carbocycles. The SMILES string of the molecule is CCCCNC(=O)C(CC)N(Cc1ccccc1Cl)C(=O)CN(c1cc(C)cc(C)c1)S(C)(=O)=O. The Labute approximate surface area is 214 Å². The Morgan fingerprint density at radius 2 is 1.69 bits per heavy atom. The molecule has 0 aliphatic rings. The van der Waals surface area contributed by atoms with Crippen LogP contribution in [-0.4, -0.2) is 50.5 Å². The van der Waals surface area contributed by atoms with Crippen LogP contribution in [0.25, 0.3) is 0 Å². The van der Waals surface area contributed by atoms with Crippen molar-refractivity contribution in [2.24, 2.45) is 0 Å². The quantitative estimate of drug-likeness (QED) is 0.418. The lowest BCUT2D eigenvalue weighted by Gasteiger charge is -2.33. The lowest BCUT2D eigenvalue weighted by atomic mass is 10.1. The average Bonchev–Trinajstić information content (AvgIpc) is 2.77. The largest absolute Gasteiger partial charge is 0.354 e. The summed E-state index contributed by atoms with van der Waals surface area (Å²) >= 11 is 6.37. The zero-order valence-corrected chi connectivity index (χ0v) is 22.7. The van der Waals surface area contributed by atoms with Crippen LogP contribution in [-0.2, 0) is 26.2 Å². The Morgan fingerprint density at radius 1 is 1.06 bits per heavy atom. The van der Waals surface area contributed by atoms with Crippen LogP contribution in [0.4, 0.5) is 5.69 Å². The monoisotopic (exact) mass is 521 g/mol. The van der Waals surface area contributed by atoms with Gasteiger partial charge in [-0.2, -0.15) is 0 Å². The molecule has 1 atom stereocenters. The van der Waals surface area contributed by atoms with Gasteiger partial charge in [-0.1, -0.05) is 56.1 Å². The number of amides is 2. The first-order valence-corrected chi connectivity index (χ1v) is 14.1. The highest BCUT2D eigenvalue weighted by molar-refractivity contribution is 7.92. The minimum absolute atomic E-state index is 0.0860. The van der Waals surface area contributed by atoms with Crippen molar-refractivity contribution in [3.8, 4) is 0 Å². The van der Waals surface area contributed by atoms with E-state index in [2.05, 4.69) is 5.32 Å². The standard InChI is InChI=1S/C26H36ClN3O4S/c1-6-8-13-28-26(32)24(7-2)29(17-21-11-9-10-12-23(21)27)25(31)18-30(35(5,33)34)22-15-19(3)14-20(4)16-22/h9-12,14-16,24H,6-8,13,17-18H2,1-5H3,(H,28,32). The van der Waals surface area contributed by atoms with E-state index in [-0.39, 0.29) is 12.5 Å². The number of hydrogen-bond acceptors (Lipinski definition) is 4. The van der Waals surface area contributed by atoms with Gasteiger partial charge in [0.15, 0.2) is 0 Å². The van der Waals surface area contributed by atoms with Gasteiger partial charge in [0.05, 0.1) is 11.9 Å². The Bertz CT molecular complexity index is 1120. The molecule has 0 fully saturated rings. The number of nitrogens with zero attached hydrogens (tertiary/aromatic N) is 2. The third kappa shape index (κ3) is 8.25. The van der Waals surface area contributed by atoms with E-state index in [0.29, 0.717) is 29.2 Å². The first kappa shape index (κ1) is 28.7. The number of rotatable bonds is 12. The van der Waals surface area contributed by atoms with Gasteiger partial charge < -0.3 is 10.2 Å². The lowest BCUT2D eigenvalue weighted by molar-refractivity contribution is -0.140. The van der Waals surface area contributed by atoms with Crippen molar-refractivity contribution in [1.82, 2.24) is 10.2 Å². The molecule has 2 rings (SSSR count). The number of hydrogen-bond donors (Lipinski definition) is 1. The second-order valence-corrected chi connectivity index (χ2v) is 11.1. The van der Waals surface area contributed by atoms with E-state index in [1.165, 1.54) is 4.90 Å². The van der Waals surface area contributed by atoms with Crippen LogP contribution < -0.4 is 9.62 Å². The maximum atomic E-state index is 13.7. The first-order valence-electron chi connectivity index (χ1n) is 11.8. The van der Waals surface area contributed by atoms with Crippen LogP contribution in [0, 0.1) is 13.8 Å². The predicted molar refractivity (Wildman–Crippen MR) is 142 cm³/mol. The summed E-state index contributed by atoms with van der Waals surface area (Å²) in [6.45, 7) is 7.77. The summed E-state index contributed by atoms with van der Waals surface area (Å²) in [4.78, 5) is 28.2. The number of halogens is 1. The van der Waals surface area contributed by atoms with Crippen LogP contribution in [0.15, 0.2) is 42.5 Å². The van der Waals surface area contributed by atoms with Crippen molar-refractivity contribution in [3.05, 3.63) is 64.2 Å². The van der Waals surface area contributed by atoms with Crippen LogP contribution in [0.2, 0.25) is 5.02 Å². The van der Waals surface area contributed by atoms with Gasteiger partial charge in [-0.15, -0.1) is 0 Å². The third-order valence-corrected chi connectivity index (χ3v) is 7.20. The molecule has 0 saturated heterocycles. The molecular formula is C26H36ClN3O4S. The summed E-state index contributed by atoms with van der Waals surface area (Å²) in [5.74, 6) is -0.745. The molecule has 0 saturated carbocycles. The van der Waals surface area contributed by atoms with Crippen LogP contribution in [0.5, 0.6) is 0 Å². The van der Waals surface area contributed by atoms with Gasteiger partial charge in [0.2, 0.25) is 21.8 Å². The highest BCUT2D eigenvalue weighted by Gasteiger charge is 2.32. The number of carbonyl (C=O) groups excluding carboxylic acids is 2. The Kier molecular flexibility index (Phi) is 10.6. The Balaban J connectivity index is 2.45. The smallest absolute Gasteiger partial charge is 0.244 e. The minimum atomic E-state index is -3.77. The van der Waals surface area contributed by atoms with Gasteiger partial charge in [0, 0.05) is 18.1 Å². The molecule has 0 radical (unpaired) electrons. The fourth-order valence-electron chi connectivity index (χ4n) is 3.94. The molecule has 0 heterocycles. The number of benzene rings is 2. The number of nitrogens with one attached hydrogen (secondary N) is 1. The van der Waals surface area contributed by atoms with E-state index < -0.39 is 28.5 Å². The Morgan fingerprint density at radius 3 is 2.23 bits per heavy atom. The van der Waals surface area contributed by atoms with Gasteiger partial charge in [-0.25, -0.2) is 8.42 Å². The molecular weight excluding hydrogens is 486 g/mol. The van der Waals surface area contributed by atoms with Crippen LogP contribution >= 0.6 is 11.6 Å². The number of unbranched alkanes of at least 4 members (excludes halogenated alkanes) is 1.